The third-order valence-electron chi connectivity index (χ3n) is 9.27. The molecule has 9 N–H and O–H groups in total. The number of alkyl halides is 6. The number of halogens is 6. The maximum absolute atomic E-state index is 13.4. The molecule has 0 radical (unpaired) electrons. The second-order valence-corrected chi connectivity index (χ2v) is 14.0. The molecule has 1 saturated carbocycles. The third kappa shape index (κ3) is 21.7. The second-order valence-electron chi connectivity index (χ2n) is 14.0. The Labute approximate surface area is 342 Å². The van der Waals surface area contributed by atoms with Gasteiger partial charge >= 0.3 is 30.3 Å². The molecule has 0 aliphatic heterocycles. The highest BCUT2D eigenvalue weighted by molar-refractivity contribution is 5.92. The molecular formula is C38H54F6N6O10. The molecule has 3 amide bonds. The summed E-state index contributed by atoms with van der Waals surface area (Å²) in [6, 6.07) is 5.03. The van der Waals surface area contributed by atoms with E-state index in [1.807, 2.05) is 37.4 Å². The number of aryl methyl sites for hydroxylation is 3. The van der Waals surface area contributed by atoms with Crippen LogP contribution in [0.1, 0.15) is 87.6 Å². The molecule has 2 aromatic rings. The lowest BCUT2D eigenvalue weighted by atomic mass is 9.82. The smallest absolute Gasteiger partial charge is 0.481 e. The zero-order valence-electron chi connectivity index (χ0n) is 33.1. The fourth-order valence-electron chi connectivity index (χ4n) is 6.08. The number of aromatic nitrogens is 2. The number of carboxylic acids is 3. The first-order valence-electron chi connectivity index (χ1n) is 19.2. The van der Waals surface area contributed by atoms with E-state index < -0.39 is 72.7 Å². The van der Waals surface area contributed by atoms with Crippen LogP contribution < -0.4 is 21.7 Å². The summed E-state index contributed by atoms with van der Waals surface area (Å²) in [5.74, 6) is -7.02. The number of aliphatic hydroxyl groups is 1. The number of benzene rings is 1. The average molecular weight is 869 g/mol. The Morgan fingerprint density at radius 1 is 0.800 bits per heavy atom. The van der Waals surface area contributed by atoms with Crippen LogP contribution in [0.15, 0.2) is 36.7 Å². The van der Waals surface area contributed by atoms with Crippen LogP contribution in [0.2, 0.25) is 0 Å². The Bertz CT molecular complexity index is 1630. The van der Waals surface area contributed by atoms with Crippen LogP contribution in [-0.2, 0) is 48.2 Å². The van der Waals surface area contributed by atoms with E-state index in [0.717, 1.165) is 69.3 Å². The molecule has 1 aromatic carbocycles. The summed E-state index contributed by atoms with van der Waals surface area (Å²) >= 11 is 0. The van der Waals surface area contributed by atoms with Crippen molar-refractivity contribution >= 4 is 35.6 Å². The van der Waals surface area contributed by atoms with Crippen molar-refractivity contribution in [1.82, 2.24) is 25.5 Å². The number of carbonyl (C=O) groups excluding carboxylic acids is 3. The summed E-state index contributed by atoms with van der Waals surface area (Å²) in [5, 5.41) is 41.8. The van der Waals surface area contributed by atoms with Crippen molar-refractivity contribution in [2.75, 3.05) is 13.2 Å². The maximum atomic E-state index is 13.4. The van der Waals surface area contributed by atoms with Gasteiger partial charge < -0.3 is 46.7 Å². The molecule has 60 heavy (non-hydrogen) atoms. The van der Waals surface area contributed by atoms with Crippen molar-refractivity contribution in [2.45, 2.75) is 127 Å². The number of imidazole rings is 1. The largest absolute Gasteiger partial charge is 0.490 e. The molecular weight excluding hydrogens is 814 g/mol. The first-order chi connectivity index (χ1) is 28.1. The number of aliphatic carboxylic acids is 3. The molecule has 1 heterocycles. The molecule has 0 bridgehead atoms. The van der Waals surface area contributed by atoms with Crippen LogP contribution in [0.5, 0.6) is 0 Å². The molecule has 0 spiro atoms. The highest BCUT2D eigenvalue weighted by Crippen LogP contribution is 2.28. The second kappa shape index (κ2) is 26.8. The minimum absolute atomic E-state index is 0.0304. The fraction of sp³-hybridized carbons (Fsp3) is 0.605. The summed E-state index contributed by atoms with van der Waals surface area (Å²) in [5.41, 5.74) is 7.58. The first-order valence-corrected chi connectivity index (χ1v) is 19.2. The van der Waals surface area contributed by atoms with E-state index in [9.17, 15) is 55.7 Å². The molecule has 1 unspecified atom stereocenters. The predicted molar refractivity (Wildman–Crippen MR) is 202 cm³/mol. The SMILES string of the molecule is Cc1nccn1CCCCc1ccc(CC(=O)N[C@@H](CO)C(=O)N[C@@H](CCCCN)C(=O)NC(CC(=O)O)C2CCCCC2)cc1.O=C(O)C(F)(F)F.O=C(O)C(F)(F)F. The molecule has 22 heteroatoms. The van der Waals surface area contributed by atoms with Gasteiger partial charge in [-0.05, 0) is 81.9 Å². The van der Waals surface area contributed by atoms with Crippen molar-refractivity contribution in [3.05, 3.63) is 53.6 Å². The quantitative estimate of drug-likeness (QED) is 0.0701. The number of nitrogens with zero attached hydrogens (tertiary/aromatic N) is 2. The Morgan fingerprint density at radius 3 is 1.83 bits per heavy atom. The van der Waals surface area contributed by atoms with Gasteiger partial charge in [-0.3, -0.25) is 19.2 Å². The van der Waals surface area contributed by atoms with Gasteiger partial charge in [0.1, 0.15) is 17.9 Å². The fourth-order valence-corrected chi connectivity index (χ4v) is 6.08. The molecule has 338 valence electrons. The van der Waals surface area contributed by atoms with Crippen LogP contribution in [-0.4, -0.2) is 109 Å². The molecule has 1 aliphatic carbocycles. The number of hydrogen-bond donors (Lipinski definition) is 8. The number of hydrogen-bond acceptors (Lipinski definition) is 9. The van der Waals surface area contributed by atoms with Crippen LogP contribution in [0.25, 0.3) is 0 Å². The van der Waals surface area contributed by atoms with Crippen LogP contribution in [0.3, 0.4) is 0 Å². The van der Waals surface area contributed by atoms with Gasteiger partial charge in [0.05, 0.1) is 19.4 Å². The molecule has 1 fully saturated rings. The topological polar surface area (TPSA) is 263 Å². The Balaban J connectivity index is 0.00000110. The molecule has 3 atom stereocenters. The lowest BCUT2D eigenvalue weighted by molar-refractivity contribution is -0.193. The lowest BCUT2D eigenvalue weighted by Crippen LogP contribution is -2.56. The van der Waals surface area contributed by atoms with Gasteiger partial charge in [0.15, 0.2) is 0 Å². The van der Waals surface area contributed by atoms with Crippen LogP contribution in [0, 0.1) is 12.8 Å². The van der Waals surface area contributed by atoms with E-state index >= 15 is 0 Å². The molecule has 1 aliphatic rings. The minimum atomic E-state index is -5.08. The van der Waals surface area contributed by atoms with Crippen molar-refractivity contribution < 1.29 is 75.5 Å². The van der Waals surface area contributed by atoms with Gasteiger partial charge in [0.25, 0.3) is 0 Å². The lowest BCUT2D eigenvalue weighted by Gasteiger charge is -2.31. The number of carbonyl (C=O) groups is 6. The van der Waals surface area contributed by atoms with Crippen LogP contribution >= 0.6 is 0 Å². The number of carboxylic acid groups (broad SMARTS) is 3. The highest BCUT2D eigenvalue weighted by Gasteiger charge is 2.39. The molecule has 16 nitrogen and oxygen atoms in total. The Morgan fingerprint density at radius 2 is 1.35 bits per heavy atom. The molecule has 3 rings (SSSR count). The number of unbranched alkanes of at least 4 members (excludes halogenated alkanes) is 2. The van der Waals surface area contributed by atoms with Crippen molar-refractivity contribution in [3.63, 3.8) is 0 Å². The van der Waals surface area contributed by atoms with Gasteiger partial charge in [-0.15, -0.1) is 0 Å². The van der Waals surface area contributed by atoms with Gasteiger partial charge in [-0.2, -0.15) is 26.3 Å². The summed E-state index contributed by atoms with van der Waals surface area (Å²) in [6.07, 6.45) is 2.70. The monoisotopic (exact) mass is 868 g/mol. The first kappa shape index (κ1) is 52.8. The molecule has 0 saturated heterocycles. The number of amides is 3. The zero-order valence-corrected chi connectivity index (χ0v) is 33.1. The summed E-state index contributed by atoms with van der Waals surface area (Å²) in [4.78, 5) is 72.9. The number of rotatable bonds is 20. The molecule has 1 aromatic heterocycles. The number of aliphatic hydroxyl groups excluding tert-OH is 1. The minimum Gasteiger partial charge on any atom is -0.481 e. The maximum Gasteiger partial charge on any atom is 0.490 e. The van der Waals surface area contributed by atoms with Gasteiger partial charge in [0, 0.05) is 25.0 Å². The van der Waals surface area contributed by atoms with Crippen molar-refractivity contribution in [3.8, 4) is 0 Å². The van der Waals surface area contributed by atoms with Gasteiger partial charge in [-0.1, -0.05) is 43.5 Å². The number of nitrogens with two attached hydrogens (primary N) is 1. The van der Waals surface area contributed by atoms with E-state index in [-0.39, 0.29) is 18.8 Å². The van der Waals surface area contributed by atoms with Crippen molar-refractivity contribution in [1.29, 1.82) is 0 Å². The van der Waals surface area contributed by atoms with Gasteiger partial charge in [-0.25, -0.2) is 14.6 Å². The van der Waals surface area contributed by atoms with Crippen molar-refractivity contribution in [2.24, 2.45) is 11.7 Å². The normalized spacial score (nSPS) is 14.5. The van der Waals surface area contributed by atoms with Gasteiger partial charge in [0.2, 0.25) is 17.7 Å². The predicted octanol–water partition coefficient (Wildman–Crippen LogP) is 3.65. The van der Waals surface area contributed by atoms with Crippen LogP contribution in [0.4, 0.5) is 26.3 Å². The zero-order chi connectivity index (χ0) is 45.5. The third-order valence-corrected chi connectivity index (χ3v) is 9.27. The highest BCUT2D eigenvalue weighted by atomic mass is 19.4. The standard InChI is InChI=1S/C34H52N6O6.2C2HF3O2/c1-24-36-18-20-40(24)19-8-6-9-25-13-15-26(16-14-25)21-31(42)37-30(23-41)34(46)38-28(12-5-7-17-35)33(45)39-29(22-32(43)44)27-10-3-2-4-11-27;2*3-2(4,5)1(6)7/h13-16,18,20,27-30,41H,2-12,17,19,21-23,35H2,1H3,(H,37,42)(H,38,46)(H,39,45)(H,43,44);2*(H,6,7)/t28-,29?,30-;;/m0../s1. The van der Waals surface area contributed by atoms with E-state index in [2.05, 4.69) is 25.5 Å². The van der Waals surface area contributed by atoms with E-state index in [1.54, 1.807) is 6.20 Å². The van der Waals surface area contributed by atoms with E-state index in [1.165, 1.54) is 5.56 Å². The summed E-state index contributed by atoms with van der Waals surface area (Å²) in [6.45, 7) is 2.70. The van der Waals surface area contributed by atoms with E-state index in [4.69, 9.17) is 25.5 Å². The summed E-state index contributed by atoms with van der Waals surface area (Å²) < 4.78 is 65.6. The Hall–Kier alpha value is -5.25. The van der Waals surface area contributed by atoms with E-state index in [0.29, 0.717) is 25.8 Å². The number of nitrogens with one attached hydrogen (secondary N) is 3. The Kier molecular flexibility index (Phi) is 23.5. The summed E-state index contributed by atoms with van der Waals surface area (Å²) in [7, 11) is 0. The average Bonchev–Trinajstić information content (AvgIpc) is 3.59.